The first kappa shape index (κ1) is 49.4. The van der Waals surface area contributed by atoms with Gasteiger partial charge < -0.3 is 14.3 Å². The monoisotopic (exact) mass is 984 g/mol. The van der Waals surface area contributed by atoms with E-state index < -0.39 is 0 Å². The smallest absolute Gasteiger partial charge is 0.333 e. The molecule has 9 aromatic rings. The number of benzene rings is 8. The highest BCUT2D eigenvalue weighted by Gasteiger charge is 2.47. The Balaban J connectivity index is 1.23. The van der Waals surface area contributed by atoms with Crippen molar-refractivity contribution in [2.75, 3.05) is 9.71 Å². The Morgan fingerprint density at radius 1 is 0.467 bits per heavy atom. The van der Waals surface area contributed by atoms with Gasteiger partial charge in [0.05, 0.1) is 16.7 Å². The molecule has 0 unspecified atom stereocenters. The summed E-state index contributed by atoms with van der Waals surface area (Å²) in [6.07, 6.45) is 2.33. The molecule has 12 rings (SSSR count). The third kappa shape index (κ3) is 7.73. The van der Waals surface area contributed by atoms with Gasteiger partial charge in [0.25, 0.3) is 0 Å². The van der Waals surface area contributed by atoms with Crippen LogP contribution in [0.25, 0.3) is 49.4 Å². The quantitative estimate of drug-likeness (QED) is 0.163. The molecule has 0 radical (unpaired) electrons. The van der Waals surface area contributed by atoms with Gasteiger partial charge in [0.15, 0.2) is 0 Å². The number of fused-ring (bicyclic) bond motifs is 10. The predicted molar refractivity (Wildman–Crippen MR) is 327 cm³/mol. The number of hydrogen-bond acceptors (Lipinski definition) is 2. The maximum atomic E-state index is 2.82. The number of aromatic nitrogens is 1. The molecule has 0 fully saturated rings. The normalized spacial score (nSPS) is 15.9. The molecule has 1 aromatic heterocycles. The number of anilines is 5. The largest absolute Gasteiger partial charge is 0.376 e. The highest BCUT2D eigenvalue weighted by molar-refractivity contribution is 6.94. The lowest BCUT2D eigenvalue weighted by Gasteiger charge is -2.46. The van der Waals surface area contributed by atoms with Crippen molar-refractivity contribution in [3.63, 3.8) is 0 Å². The molecule has 4 heteroatoms. The molecule has 0 saturated carbocycles. The minimum atomic E-state index is -0.131. The van der Waals surface area contributed by atoms with Gasteiger partial charge in [-0.1, -0.05) is 184 Å². The fourth-order valence-corrected chi connectivity index (χ4v) is 13.2. The fraction of sp³-hybridized carbons (Fsp3) is 0.352. The summed E-state index contributed by atoms with van der Waals surface area (Å²) in [5, 5.41) is 5.22. The first-order valence-corrected chi connectivity index (χ1v) is 27.9. The van der Waals surface area contributed by atoms with Crippen LogP contribution in [0.3, 0.4) is 0 Å². The summed E-state index contributed by atoms with van der Waals surface area (Å²) < 4.78 is 2.68. The van der Waals surface area contributed by atoms with E-state index in [1.807, 2.05) is 0 Å². The Kier molecular flexibility index (Phi) is 10.7. The van der Waals surface area contributed by atoms with E-state index in [0.29, 0.717) is 0 Å². The van der Waals surface area contributed by atoms with Crippen molar-refractivity contribution in [1.82, 2.24) is 4.57 Å². The molecule has 2 aliphatic heterocycles. The van der Waals surface area contributed by atoms with E-state index in [2.05, 4.69) is 272 Å². The fourth-order valence-electron chi connectivity index (χ4n) is 13.2. The van der Waals surface area contributed by atoms with Crippen LogP contribution in [0.5, 0.6) is 0 Å². The first-order valence-electron chi connectivity index (χ1n) is 27.9. The summed E-state index contributed by atoms with van der Waals surface area (Å²) >= 11 is 0. The van der Waals surface area contributed by atoms with Crippen LogP contribution >= 0.6 is 0 Å². The second-order valence-corrected chi connectivity index (χ2v) is 28.3. The molecule has 0 atom stereocenters. The van der Waals surface area contributed by atoms with Crippen molar-refractivity contribution in [2.24, 2.45) is 0 Å². The van der Waals surface area contributed by atoms with Gasteiger partial charge in [-0.05, 0) is 180 Å². The molecule has 1 aliphatic carbocycles. The molecule has 3 heterocycles. The van der Waals surface area contributed by atoms with E-state index in [9.17, 15) is 0 Å². The van der Waals surface area contributed by atoms with E-state index in [1.54, 1.807) is 0 Å². The molecule has 0 amide bonds. The van der Waals surface area contributed by atoms with E-state index in [-0.39, 0.29) is 39.3 Å². The second kappa shape index (κ2) is 16.3. The molecule has 380 valence electrons. The first-order chi connectivity index (χ1) is 35.1. The zero-order valence-corrected chi connectivity index (χ0v) is 48.1. The van der Waals surface area contributed by atoms with E-state index in [4.69, 9.17) is 0 Å². The van der Waals surface area contributed by atoms with Crippen LogP contribution in [0, 0.1) is 6.92 Å². The van der Waals surface area contributed by atoms with Gasteiger partial charge in [-0.15, -0.1) is 0 Å². The van der Waals surface area contributed by atoms with Crippen molar-refractivity contribution in [3.8, 4) is 16.8 Å². The third-order valence-corrected chi connectivity index (χ3v) is 17.9. The van der Waals surface area contributed by atoms with Crippen LogP contribution in [0.15, 0.2) is 140 Å². The summed E-state index contributed by atoms with van der Waals surface area (Å²) in [5.41, 5.74) is 24.9. The highest BCUT2D eigenvalue weighted by Crippen LogP contribution is 2.53. The van der Waals surface area contributed by atoms with Gasteiger partial charge in [-0.2, -0.15) is 0 Å². The van der Waals surface area contributed by atoms with E-state index >= 15 is 0 Å². The zero-order chi connectivity index (χ0) is 53.3. The summed E-state index contributed by atoms with van der Waals surface area (Å²) in [6.45, 7) is 40.2. The maximum absolute atomic E-state index is 2.82. The minimum Gasteiger partial charge on any atom is -0.376 e. The highest BCUT2D eigenvalue weighted by atomic mass is 15.2. The second-order valence-electron chi connectivity index (χ2n) is 28.3. The van der Waals surface area contributed by atoms with Crippen molar-refractivity contribution in [1.29, 1.82) is 0 Å². The molecule has 0 N–H and O–H groups in total. The molecule has 3 nitrogen and oxygen atoms in total. The zero-order valence-electron chi connectivity index (χ0n) is 48.1. The van der Waals surface area contributed by atoms with Crippen LogP contribution in [0.1, 0.15) is 163 Å². The number of hydrogen-bond donors (Lipinski definition) is 0. The van der Waals surface area contributed by atoms with Gasteiger partial charge in [0.2, 0.25) is 0 Å². The summed E-state index contributed by atoms with van der Waals surface area (Å²) in [4.78, 5) is 5.31. The van der Waals surface area contributed by atoms with Crippen molar-refractivity contribution in [2.45, 2.75) is 163 Å². The van der Waals surface area contributed by atoms with Gasteiger partial charge in [-0.3, -0.25) is 0 Å². The Labute approximate surface area is 449 Å². The number of nitrogens with zero attached hydrogens (tertiary/aromatic N) is 3. The molecular formula is C71H78BN3. The lowest BCUT2D eigenvalue weighted by molar-refractivity contribution is 0.332. The van der Waals surface area contributed by atoms with Gasteiger partial charge in [0.1, 0.15) is 0 Å². The Bertz CT molecular complexity index is 3760. The molecule has 0 saturated heterocycles. The lowest BCUT2D eigenvalue weighted by atomic mass is 9.43. The summed E-state index contributed by atoms with van der Waals surface area (Å²) in [6, 6.07) is 55.5. The van der Waals surface area contributed by atoms with Crippen LogP contribution in [0.4, 0.5) is 28.4 Å². The number of rotatable bonds is 4. The van der Waals surface area contributed by atoms with Gasteiger partial charge in [-0.25, -0.2) is 0 Å². The van der Waals surface area contributed by atoms with Gasteiger partial charge in [0, 0.05) is 50.2 Å². The van der Waals surface area contributed by atoms with Crippen LogP contribution < -0.4 is 20.6 Å². The molecule has 0 spiro atoms. The van der Waals surface area contributed by atoms with Crippen molar-refractivity contribution >= 4 is 78.8 Å². The lowest BCUT2D eigenvalue weighted by Crippen LogP contribution is -2.61. The molecule has 0 bridgehead atoms. The van der Waals surface area contributed by atoms with Crippen LogP contribution in [0.2, 0.25) is 0 Å². The standard InChI is InChI=1S/C71H78BN3/c1-43-36-57-58(71(16,17)35-34-70(57,14)15)42-61(43)75-62-41-51(73(49-27-22-45(23-28-49)66(2,3)4)50-29-24-46(25-30-50)67(5,6)7)31-32-53(62)55-37-44-20-18-19-21-52(44)65-63(55)72(75)59-40-48(69(11,12)13)39-56-54-38-47(68(8,9)10)26-33-60(54)74(65)64(56)59/h18-33,36-42H,34-35H2,1-17H3. The van der Waals surface area contributed by atoms with E-state index in [0.717, 1.165) is 23.5 Å². The van der Waals surface area contributed by atoms with Crippen molar-refractivity contribution < 1.29 is 0 Å². The van der Waals surface area contributed by atoms with E-state index in [1.165, 1.54) is 117 Å². The number of aryl methyl sites for hydroxylation is 1. The SMILES string of the molecule is Cc1cc2c(cc1N1B3c4c(cc5ccccc5c4-n4c5ccc(C(C)(C)C)cc5c5cc(C(C)(C)C)cc3c54)-c3ccc(N(c4ccc(C(C)(C)C)cc4)c4ccc(C(C)(C)C)cc4)cc31)C(C)(C)CCC2(C)C. The van der Waals surface area contributed by atoms with Gasteiger partial charge >= 0.3 is 6.85 Å². The molecule has 3 aliphatic rings. The predicted octanol–water partition coefficient (Wildman–Crippen LogP) is 18.5. The molecule has 8 aromatic carbocycles. The van der Waals surface area contributed by atoms with Crippen LogP contribution in [-0.2, 0) is 32.5 Å². The molecular weight excluding hydrogens is 906 g/mol. The summed E-state index contributed by atoms with van der Waals surface area (Å²) in [5.74, 6) is 0. The maximum Gasteiger partial charge on any atom is 0.333 e. The van der Waals surface area contributed by atoms with Crippen LogP contribution in [-0.4, -0.2) is 11.4 Å². The Hall–Kier alpha value is -6.52. The third-order valence-electron chi connectivity index (χ3n) is 17.9. The molecule has 75 heavy (non-hydrogen) atoms. The Morgan fingerprint density at radius 3 is 1.59 bits per heavy atom. The minimum absolute atomic E-state index is 0.00387. The van der Waals surface area contributed by atoms with Crippen molar-refractivity contribution in [3.05, 3.63) is 178 Å². The average molecular weight is 984 g/mol. The average Bonchev–Trinajstić information content (AvgIpc) is 3.73. The topological polar surface area (TPSA) is 11.4 Å². The Morgan fingerprint density at radius 2 is 1.00 bits per heavy atom. The summed E-state index contributed by atoms with van der Waals surface area (Å²) in [7, 11) is 0.